The fourth-order valence-corrected chi connectivity index (χ4v) is 2.23. The fraction of sp³-hybridized carbons (Fsp3) is 0.158. The first kappa shape index (κ1) is 18.1. The first-order valence-electron chi connectivity index (χ1n) is 7.61. The van der Waals surface area contributed by atoms with Crippen LogP contribution in [0.1, 0.15) is 15.9 Å². The van der Waals surface area contributed by atoms with Crippen LogP contribution < -0.4 is 20.1 Å². The summed E-state index contributed by atoms with van der Waals surface area (Å²) < 4.78 is 10.4. The SMILES string of the molecule is CNC(=O)c1ccccc1NC(=O)/C=C/c1ccc(OC)c(OC)c1. The lowest BCUT2D eigenvalue weighted by Crippen LogP contribution is -2.20. The van der Waals surface area contributed by atoms with Gasteiger partial charge in [0.1, 0.15) is 0 Å². The van der Waals surface area contributed by atoms with E-state index in [1.807, 2.05) is 6.07 Å². The number of methoxy groups -OCH3 is 2. The summed E-state index contributed by atoms with van der Waals surface area (Å²) in [6.07, 6.45) is 3.04. The van der Waals surface area contributed by atoms with Gasteiger partial charge in [-0.25, -0.2) is 0 Å². The molecule has 0 saturated heterocycles. The molecule has 0 aliphatic heterocycles. The number of carbonyl (C=O) groups excluding carboxylic acids is 2. The highest BCUT2D eigenvalue weighted by molar-refractivity contribution is 6.07. The number of hydrogen-bond acceptors (Lipinski definition) is 4. The molecular weight excluding hydrogens is 320 g/mol. The number of hydrogen-bond donors (Lipinski definition) is 2. The van der Waals surface area contributed by atoms with E-state index in [0.29, 0.717) is 22.7 Å². The van der Waals surface area contributed by atoms with Crippen molar-refractivity contribution in [2.75, 3.05) is 26.6 Å². The van der Waals surface area contributed by atoms with Crippen molar-refractivity contribution in [2.45, 2.75) is 0 Å². The number of anilines is 1. The first-order chi connectivity index (χ1) is 12.1. The highest BCUT2D eigenvalue weighted by Crippen LogP contribution is 2.28. The Morgan fingerprint density at radius 2 is 1.72 bits per heavy atom. The van der Waals surface area contributed by atoms with E-state index < -0.39 is 0 Å². The predicted octanol–water partition coefficient (Wildman–Crippen LogP) is 2.72. The van der Waals surface area contributed by atoms with Crippen molar-refractivity contribution in [1.82, 2.24) is 5.32 Å². The van der Waals surface area contributed by atoms with Crippen molar-refractivity contribution >= 4 is 23.6 Å². The summed E-state index contributed by atoms with van der Waals surface area (Å²) in [5.41, 5.74) is 1.63. The molecule has 6 nitrogen and oxygen atoms in total. The van der Waals surface area contributed by atoms with Crippen molar-refractivity contribution in [1.29, 1.82) is 0 Å². The molecule has 0 bridgehead atoms. The normalized spacial score (nSPS) is 10.4. The molecule has 0 radical (unpaired) electrons. The van der Waals surface area contributed by atoms with Gasteiger partial charge in [-0.2, -0.15) is 0 Å². The molecule has 0 atom stereocenters. The smallest absolute Gasteiger partial charge is 0.253 e. The van der Waals surface area contributed by atoms with E-state index in [2.05, 4.69) is 10.6 Å². The molecule has 0 aliphatic rings. The van der Waals surface area contributed by atoms with Crippen molar-refractivity contribution in [3.63, 3.8) is 0 Å². The van der Waals surface area contributed by atoms with E-state index >= 15 is 0 Å². The van der Waals surface area contributed by atoms with Gasteiger partial charge in [-0.05, 0) is 35.9 Å². The topological polar surface area (TPSA) is 76.7 Å². The van der Waals surface area contributed by atoms with Crippen molar-refractivity contribution < 1.29 is 19.1 Å². The number of ether oxygens (including phenoxy) is 2. The average Bonchev–Trinajstić information content (AvgIpc) is 2.65. The highest BCUT2D eigenvalue weighted by atomic mass is 16.5. The minimum Gasteiger partial charge on any atom is -0.493 e. The van der Waals surface area contributed by atoms with Gasteiger partial charge in [-0.15, -0.1) is 0 Å². The maximum absolute atomic E-state index is 12.1. The third-order valence-corrected chi connectivity index (χ3v) is 3.49. The number of carbonyl (C=O) groups is 2. The molecule has 0 heterocycles. The van der Waals surface area contributed by atoms with Gasteiger partial charge < -0.3 is 20.1 Å². The van der Waals surface area contributed by atoms with Crippen LogP contribution >= 0.6 is 0 Å². The van der Waals surface area contributed by atoms with Crippen LogP contribution in [0.15, 0.2) is 48.5 Å². The minimum atomic E-state index is -0.342. The molecule has 2 aromatic carbocycles. The lowest BCUT2D eigenvalue weighted by Gasteiger charge is -2.09. The molecule has 0 fully saturated rings. The maximum atomic E-state index is 12.1. The Labute approximate surface area is 146 Å². The Morgan fingerprint density at radius 1 is 1.00 bits per heavy atom. The molecule has 2 aromatic rings. The second-order valence-corrected chi connectivity index (χ2v) is 5.06. The van der Waals surface area contributed by atoms with E-state index in [1.165, 1.54) is 13.1 Å². The zero-order valence-corrected chi connectivity index (χ0v) is 14.3. The standard InChI is InChI=1S/C19H20N2O4/c1-20-19(23)14-6-4-5-7-15(14)21-18(22)11-9-13-8-10-16(24-2)17(12-13)25-3/h4-12H,1-3H3,(H,20,23)(H,21,22)/b11-9+. The number of benzene rings is 2. The summed E-state index contributed by atoms with van der Waals surface area (Å²) in [6.45, 7) is 0. The van der Waals surface area contributed by atoms with Crippen LogP contribution in [0.5, 0.6) is 11.5 Å². The second-order valence-electron chi connectivity index (χ2n) is 5.06. The maximum Gasteiger partial charge on any atom is 0.253 e. The Kier molecular flexibility index (Phi) is 6.17. The summed E-state index contributed by atoms with van der Waals surface area (Å²) in [6, 6.07) is 12.1. The molecule has 0 unspecified atom stereocenters. The van der Waals surface area contributed by atoms with Crippen molar-refractivity contribution in [3.05, 3.63) is 59.7 Å². The quantitative estimate of drug-likeness (QED) is 0.793. The van der Waals surface area contributed by atoms with Crippen LogP contribution in [0.25, 0.3) is 6.08 Å². The van der Waals surface area contributed by atoms with Crippen molar-refractivity contribution in [3.8, 4) is 11.5 Å². The molecule has 130 valence electrons. The summed E-state index contributed by atoms with van der Waals surface area (Å²) >= 11 is 0. The lowest BCUT2D eigenvalue weighted by atomic mass is 10.1. The molecule has 2 N–H and O–H groups in total. The number of para-hydroxylation sites is 1. The summed E-state index contributed by atoms with van der Waals surface area (Å²) in [5.74, 6) is 0.588. The molecule has 0 aliphatic carbocycles. The van der Waals surface area contributed by atoms with Crippen LogP contribution in [0.2, 0.25) is 0 Å². The van der Waals surface area contributed by atoms with E-state index in [-0.39, 0.29) is 11.8 Å². The van der Waals surface area contributed by atoms with Gasteiger partial charge in [0.05, 0.1) is 25.5 Å². The minimum absolute atomic E-state index is 0.264. The van der Waals surface area contributed by atoms with Gasteiger partial charge in [0.25, 0.3) is 5.91 Å². The number of rotatable bonds is 6. The third-order valence-electron chi connectivity index (χ3n) is 3.49. The number of amides is 2. The van der Waals surface area contributed by atoms with Gasteiger partial charge in [-0.1, -0.05) is 18.2 Å². The molecule has 25 heavy (non-hydrogen) atoms. The van der Waals surface area contributed by atoms with Crippen molar-refractivity contribution in [2.24, 2.45) is 0 Å². The zero-order valence-electron chi connectivity index (χ0n) is 14.3. The zero-order chi connectivity index (χ0) is 18.2. The molecular formula is C19H20N2O4. The van der Waals surface area contributed by atoms with E-state index in [9.17, 15) is 9.59 Å². The van der Waals surface area contributed by atoms with Gasteiger partial charge in [-0.3, -0.25) is 9.59 Å². The van der Waals surface area contributed by atoms with Gasteiger partial charge in [0, 0.05) is 13.1 Å². The van der Waals surface area contributed by atoms with Crippen LogP contribution in [0.4, 0.5) is 5.69 Å². The Bertz CT molecular complexity index is 800. The molecule has 2 amide bonds. The van der Waals surface area contributed by atoms with Crippen LogP contribution in [0.3, 0.4) is 0 Å². The molecule has 0 aromatic heterocycles. The predicted molar refractivity (Wildman–Crippen MR) is 97.0 cm³/mol. The summed E-state index contributed by atoms with van der Waals surface area (Å²) in [7, 11) is 4.65. The van der Waals surface area contributed by atoms with Crippen LogP contribution in [-0.4, -0.2) is 33.1 Å². The summed E-state index contributed by atoms with van der Waals surface area (Å²) in [5, 5.41) is 5.25. The highest BCUT2D eigenvalue weighted by Gasteiger charge is 2.10. The Balaban J connectivity index is 2.13. The molecule has 6 heteroatoms. The van der Waals surface area contributed by atoms with E-state index in [0.717, 1.165) is 5.56 Å². The van der Waals surface area contributed by atoms with E-state index in [4.69, 9.17) is 9.47 Å². The van der Waals surface area contributed by atoms with Crippen LogP contribution in [-0.2, 0) is 4.79 Å². The molecule has 0 saturated carbocycles. The van der Waals surface area contributed by atoms with Gasteiger partial charge in [0.2, 0.25) is 5.91 Å². The average molecular weight is 340 g/mol. The monoisotopic (exact) mass is 340 g/mol. The summed E-state index contributed by atoms with van der Waals surface area (Å²) in [4.78, 5) is 24.0. The van der Waals surface area contributed by atoms with E-state index in [1.54, 1.807) is 56.7 Å². The van der Waals surface area contributed by atoms with Gasteiger partial charge >= 0.3 is 0 Å². The Morgan fingerprint density at radius 3 is 2.40 bits per heavy atom. The van der Waals surface area contributed by atoms with Crippen LogP contribution in [0, 0.1) is 0 Å². The fourth-order valence-electron chi connectivity index (χ4n) is 2.23. The first-order valence-corrected chi connectivity index (χ1v) is 7.61. The third kappa shape index (κ3) is 4.60. The number of nitrogens with one attached hydrogen (secondary N) is 2. The molecule has 0 spiro atoms. The van der Waals surface area contributed by atoms with Gasteiger partial charge in [0.15, 0.2) is 11.5 Å². The second kappa shape index (κ2) is 8.54. The molecule has 2 rings (SSSR count). The Hall–Kier alpha value is -3.28. The lowest BCUT2D eigenvalue weighted by molar-refractivity contribution is -0.111. The largest absolute Gasteiger partial charge is 0.493 e.